The zero-order valence-corrected chi connectivity index (χ0v) is 12.7. The Bertz CT molecular complexity index is 414. The Morgan fingerprint density at radius 2 is 2.21 bits per heavy atom. The summed E-state index contributed by atoms with van der Waals surface area (Å²) in [6.07, 6.45) is 2.62. The first-order valence-corrected chi connectivity index (χ1v) is 7.32. The summed E-state index contributed by atoms with van der Waals surface area (Å²) in [5.41, 5.74) is 2.66. The molecule has 106 valence electrons. The van der Waals surface area contributed by atoms with Gasteiger partial charge in [-0.1, -0.05) is 19.9 Å². The van der Waals surface area contributed by atoms with Crippen LogP contribution in [0.4, 0.5) is 0 Å². The summed E-state index contributed by atoms with van der Waals surface area (Å²) >= 11 is 0. The van der Waals surface area contributed by atoms with Crippen molar-refractivity contribution in [3.63, 3.8) is 0 Å². The smallest absolute Gasteiger partial charge is 0.0547 e. The molecule has 0 radical (unpaired) electrons. The van der Waals surface area contributed by atoms with Gasteiger partial charge in [0.1, 0.15) is 0 Å². The Labute approximate surface area is 117 Å². The Kier molecular flexibility index (Phi) is 4.58. The molecule has 1 unspecified atom stereocenters. The lowest BCUT2D eigenvalue weighted by molar-refractivity contribution is 0.135. The highest BCUT2D eigenvalue weighted by atomic mass is 15.1. The fourth-order valence-corrected chi connectivity index (χ4v) is 2.92. The fourth-order valence-electron chi connectivity index (χ4n) is 2.92. The van der Waals surface area contributed by atoms with Gasteiger partial charge in [0, 0.05) is 24.8 Å². The van der Waals surface area contributed by atoms with Gasteiger partial charge < -0.3 is 5.32 Å². The van der Waals surface area contributed by atoms with E-state index in [0.29, 0.717) is 11.5 Å². The normalized spacial score (nSPS) is 22.7. The predicted molar refractivity (Wildman–Crippen MR) is 80.1 cm³/mol. The van der Waals surface area contributed by atoms with Crippen molar-refractivity contribution in [3.8, 4) is 0 Å². The molecule has 0 spiro atoms. The quantitative estimate of drug-likeness (QED) is 0.903. The highest BCUT2D eigenvalue weighted by Crippen LogP contribution is 2.30. The van der Waals surface area contributed by atoms with E-state index >= 15 is 0 Å². The maximum atomic E-state index is 4.58. The summed E-state index contributed by atoms with van der Waals surface area (Å²) in [5, 5.41) is 3.68. The second-order valence-corrected chi connectivity index (χ2v) is 6.57. The summed E-state index contributed by atoms with van der Waals surface area (Å²) in [5.74, 6) is 0. The minimum absolute atomic E-state index is 0.395. The number of pyridine rings is 1. The summed E-state index contributed by atoms with van der Waals surface area (Å²) in [6, 6.07) is 6.84. The van der Waals surface area contributed by atoms with Crippen molar-refractivity contribution in [1.82, 2.24) is 15.2 Å². The molecule has 1 atom stereocenters. The number of nitrogens with one attached hydrogen (secondary N) is 1. The number of aromatic nitrogens is 1. The SMILES string of the molecule is Cc1cccc(CN(C)CC2NCCCC2(C)C)n1. The molecule has 0 bridgehead atoms. The third-order valence-corrected chi connectivity index (χ3v) is 4.20. The van der Waals surface area contributed by atoms with E-state index in [-0.39, 0.29) is 0 Å². The molecular weight excluding hydrogens is 234 g/mol. The van der Waals surface area contributed by atoms with Gasteiger partial charge in [-0.25, -0.2) is 0 Å². The molecule has 1 N–H and O–H groups in total. The maximum Gasteiger partial charge on any atom is 0.0547 e. The molecule has 0 aliphatic carbocycles. The first kappa shape index (κ1) is 14.5. The van der Waals surface area contributed by atoms with Crippen molar-refractivity contribution >= 4 is 0 Å². The summed E-state index contributed by atoms with van der Waals surface area (Å²) in [4.78, 5) is 6.96. The first-order valence-electron chi connectivity index (χ1n) is 7.32. The van der Waals surface area contributed by atoms with E-state index in [4.69, 9.17) is 0 Å². The number of piperidine rings is 1. The van der Waals surface area contributed by atoms with E-state index in [2.05, 4.69) is 61.2 Å². The van der Waals surface area contributed by atoms with Gasteiger partial charge in [-0.3, -0.25) is 9.88 Å². The lowest BCUT2D eigenvalue weighted by Crippen LogP contribution is -2.52. The number of nitrogens with zero attached hydrogens (tertiary/aromatic N) is 2. The maximum absolute atomic E-state index is 4.58. The standard InChI is InChI=1S/C16H27N3/c1-13-7-5-8-14(18-13)11-19(4)12-15-16(2,3)9-6-10-17-15/h5,7-8,15,17H,6,9-12H2,1-4H3. The van der Waals surface area contributed by atoms with Crippen LogP contribution in [-0.4, -0.2) is 36.1 Å². The minimum atomic E-state index is 0.395. The molecule has 0 saturated carbocycles. The van der Waals surface area contributed by atoms with Crippen LogP contribution in [0.5, 0.6) is 0 Å². The van der Waals surface area contributed by atoms with E-state index < -0.39 is 0 Å². The van der Waals surface area contributed by atoms with Crippen molar-refractivity contribution in [2.24, 2.45) is 5.41 Å². The van der Waals surface area contributed by atoms with E-state index in [1.807, 2.05) is 0 Å². The number of likely N-dealkylation sites (N-methyl/N-ethyl adjacent to an activating group) is 1. The topological polar surface area (TPSA) is 28.2 Å². The van der Waals surface area contributed by atoms with Gasteiger partial charge in [0.25, 0.3) is 0 Å². The summed E-state index contributed by atoms with van der Waals surface area (Å²) in [7, 11) is 2.19. The van der Waals surface area contributed by atoms with Gasteiger partial charge in [-0.05, 0) is 50.9 Å². The van der Waals surface area contributed by atoms with E-state index in [1.165, 1.54) is 12.8 Å². The molecule has 1 saturated heterocycles. The lowest BCUT2D eigenvalue weighted by atomic mass is 9.77. The number of rotatable bonds is 4. The third-order valence-electron chi connectivity index (χ3n) is 4.20. The molecule has 3 nitrogen and oxygen atoms in total. The third kappa shape index (κ3) is 4.02. The number of hydrogen-bond acceptors (Lipinski definition) is 3. The molecule has 1 fully saturated rings. The summed E-state index contributed by atoms with van der Waals surface area (Å²) < 4.78 is 0. The monoisotopic (exact) mass is 261 g/mol. The first-order chi connectivity index (χ1) is 8.97. The fraction of sp³-hybridized carbons (Fsp3) is 0.688. The molecule has 1 aromatic rings. The molecule has 2 rings (SSSR count). The van der Waals surface area contributed by atoms with E-state index in [0.717, 1.165) is 31.0 Å². The van der Waals surface area contributed by atoms with Crippen LogP contribution in [0.2, 0.25) is 0 Å². The molecule has 1 aliphatic rings. The van der Waals surface area contributed by atoms with Crippen LogP contribution in [0, 0.1) is 12.3 Å². The Balaban J connectivity index is 1.92. The molecule has 1 aromatic heterocycles. The molecule has 0 aromatic carbocycles. The Hall–Kier alpha value is -0.930. The molecule has 1 aliphatic heterocycles. The van der Waals surface area contributed by atoms with Gasteiger partial charge >= 0.3 is 0 Å². The summed E-state index contributed by atoms with van der Waals surface area (Å²) in [6.45, 7) is 9.98. The number of hydrogen-bond donors (Lipinski definition) is 1. The van der Waals surface area contributed by atoms with Crippen LogP contribution >= 0.6 is 0 Å². The zero-order valence-electron chi connectivity index (χ0n) is 12.7. The van der Waals surface area contributed by atoms with Crippen molar-refractivity contribution < 1.29 is 0 Å². The molecular formula is C16H27N3. The predicted octanol–water partition coefficient (Wildman–Crippen LogP) is 2.60. The van der Waals surface area contributed by atoms with Crippen LogP contribution in [-0.2, 0) is 6.54 Å². The second kappa shape index (κ2) is 6.02. The van der Waals surface area contributed by atoms with Crippen LogP contribution < -0.4 is 5.32 Å². The average molecular weight is 261 g/mol. The Morgan fingerprint density at radius 1 is 1.42 bits per heavy atom. The van der Waals surface area contributed by atoms with Gasteiger partial charge in [0.05, 0.1) is 5.69 Å². The zero-order chi connectivity index (χ0) is 13.9. The van der Waals surface area contributed by atoms with Gasteiger partial charge in [0.15, 0.2) is 0 Å². The molecule has 2 heterocycles. The highest BCUT2D eigenvalue weighted by Gasteiger charge is 2.32. The largest absolute Gasteiger partial charge is 0.312 e. The van der Waals surface area contributed by atoms with E-state index in [9.17, 15) is 0 Å². The van der Waals surface area contributed by atoms with Crippen LogP contribution in [0.3, 0.4) is 0 Å². The Morgan fingerprint density at radius 3 is 2.89 bits per heavy atom. The van der Waals surface area contributed by atoms with Crippen molar-refractivity contribution in [2.45, 2.75) is 46.2 Å². The number of aryl methyl sites for hydroxylation is 1. The van der Waals surface area contributed by atoms with Crippen molar-refractivity contribution in [3.05, 3.63) is 29.6 Å². The van der Waals surface area contributed by atoms with E-state index in [1.54, 1.807) is 0 Å². The average Bonchev–Trinajstić information content (AvgIpc) is 2.32. The second-order valence-electron chi connectivity index (χ2n) is 6.57. The van der Waals surface area contributed by atoms with Gasteiger partial charge in [0.2, 0.25) is 0 Å². The molecule has 19 heavy (non-hydrogen) atoms. The van der Waals surface area contributed by atoms with Crippen LogP contribution in [0.25, 0.3) is 0 Å². The van der Waals surface area contributed by atoms with Crippen molar-refractivity contribution in [2.75, 3.05) is 20.1 Å². The van der Waals surface area contributed by atoms with Gasteiger partial charge in [-0.2, -0.15) is 0 Å². The molecule has 3 heteroatoms. The highest BCUT2D eigenvalue weighted by molar-refractivity contribution is 5.09. The molecule has 0 amide bonds. The van der Waals surface area contributed by atoms with Crippen molar-refractivity contribution in [1.29, 1.82) is 0 Å². The lowest BCUT2D eigenvalue weighted by Gasteiger charge is -2.41. The van der Waals surface area contributed by atoms with Crippen LogP contribution in [0.1, 0.15) is 38.1 Å². The van der Waals surface area contributed by atoms with Crippen LogP contribution in [0.15, 0.2) is 18.2 Å². The van der Waals surface area contributed by atoms with Gasteiger partial charge in [-0.15, -0.1) is 0 Å². The minimum Gasteiger partial charge on any atom is -0.312 e.